The Balaban J connectivity index is 2.14. The van der Waals surface area contributed by atoms with Gasteiger partial charge in [-0.2, -0.15) is 5.10 Å². The molecule has 0 atom stereocenters. The molecule has 7 nitrogen and oxygen atoms in total. The van der Waals surface area contributed by atoms with Gasteiger partial charge < -0.3 is 5.11 Å². The fraction of sp³-hybridized carbons (Fsp3) is 0.385. The van der Waals surface area contributed by atoms with Crippen molar-refractivity contribution in [3.8, 4) is 0 Å². The van der Waals surface area contributed by atoms with Crippen LogP contribution in [-0.4, -0.2) is 43.4 Å². The van der Waals surface area contributed by atoms with Gasteiger partial charge in [-0.3, -0.25) is 24.0 Å². The first-order chi connectivity index (χ1) is 9.86. The lowest BCUT2D eigenvalue weighted by Crippen LogP contribution is -2.33. The van der Waals surface area contributed by atoms with Gasteiger partial charge >= 0.3 is 5.97 Å². The van der Waals surface area contributed by atoms with E-state index in [9.17, 15) is 14.4 Å². The highest BCUT2D eigenvalue weighted by Gasteiger charge is 2.36. The van der Waals surface area contributed by atoms with Gasteiger partial charge in [-0.25, -0.2) is 0 Å². The number of aliphatic carboxylic acids is 1. The lowest BCUT2D eigenvalue weighted by Gasteiger charge is -2.07. The van der Waals surface area contributed by atoms with Gasteiger partial charge in [0.1, 0.15) is 6.54 Å². The molecular weight excluding hydrogens is 294 g/mol. The van der Waals surface area contributed by atoms with Crippen LogP contribution >= 0.6 is 11.8 Å². The van der Waals surface area contributed by atoms with Crippen LogP contribution in [0.1, 0.15) is 19.4 Å². The number of nitrogens with zero attached hydrogens (tertiary/aromatic N) is 3. The summed E-state index contributed by atoms with van der Waals surface area (Å²) in [5.41, 5.74) is 0.705. The SMILES string of the molecule is CC(C)Cn1cc(/C=C2/SC(=O)N(CC(=O)O)C2=O)cn1. The van der Waals surface area contributed by atoms with Crippen molar-refractivity contribution in [2.75, 3.05) is 6.54 Å². The summed E-state index contributed by atoms with van der Waals surface area (Å²) in [6, 6.07) is 0. The van der Waals surface area contributed by atoms with Crippen LogP contribution in [0.3, 0.4) is 0 Å². The molecule has 2 heterocycles. The zero-order chi connectivity index (χ0) is 15.6. The fourth-order valence-electron chi connectivity index (χ4n) is 1.85. The van der Waals surface area contributed by atoms with E-state index in [1.807, 2.05) is 0 Å². The standard InChI is InChI=1S/C13H15N3O4S/c1-8(2)5-15-6-9(4-14-15)3-10-12(19)16(7-11(17)18)13(20)21-10/h3-4,6,8H,5,7H2,1-2H3,(H,17,18)/b10-3+. The number of rotatable bonds is 5. The third-order valence-electron chi connectivity index (χ3n) is 2.67. The van der Waals surface area contributed by atoms with E-state index in [2.05, 4.69) is 18.9 Å². The van der Waals surface area contributed by atoms with E-state index < -0.39 is 23.7 Å². The molecule has 1 aliphatic heterocycles. The maximum absolute atomic E-state index is 12.0. The first kappa shape index (κ1) is 15.3. The Bertz CT molecular complexity index is 621. The Hall–Kier alpha value is -2.09. The zero-order valence-corrected chi connectivity index (χ0v) is 12.5. The van der Waals surface area contributed by atoms with E-state index in [4.69, 9.17) is 5.11 Å². The topological polar surface area (TPSA) is 92.5 Å². The monoisotopic (exact) mass is 309 g/mol. The van der Waals surface area contributed by atoms with Gasteiger partial charge in [0.05, 0.1) is 11.1 Å². The predicted octanol–water partition coefficient (Wildman–Crippen LogP) is 1.66. The Labute approximate surface area is 125 Å². The van der Waals surface area contributed by atoms with Crippen molar-refractivity contribution < 1.29 is 19.5 Å². The van der Waals surface area contributed by atoms with E-state index in [1.165, 1.54) is 0 Å². The van der Waals surface area contributed by atoms with E-state index in [-0.39, 0.29) is 4.91 Å². The number of thioether (sulfide) groups is 1. The normalized spacial score (nSPS) is 17.3. The van der Waals surface area contributed by atoms with Crippen molar-refractivity contribution in [1.29, 1.82) is 0 Å². The van der Waals surface area contributed by atoms with Crippen LogP contribution in [-0.2, 0) is 16.1 Å². The van der Waals surface area contributed by atoms with Crippen LogP contribution in [0.5, 0.6) is 0 Å². The zero-order valence-electron chi connectivity index (χ0n) is 11.6. The second-order valence-electron chi connectivity index (χ2n) is 5.05. The molecule has 8 heteroatoms. The Morgan fingerprint density at radius 2 is 2.19 bits per heavy atom. The second-order valence-corrected chi connectivity index (χ2v) is 6.04. The molecule has 0 radical (unpaired) electrons. The van der Waals surface area contributed by atoms with E-state index in [0.29, 0.717) is 11.5 Å². The lowest BCUT2D eigenvalue weighted by atomic mass is 10.2. The summed E-state index contributed by atoms with van der Waals surface area (Å²) >= 11 is 0.740. The van der Waals surface area contributed by atoms with E-state index >= 15 is 0 Å². The molecule has 1 fully saturated rings. The van der Waals surface area contributed by atoms with Crippen LogP contribution in [0.25, 0.3) is 6.08 Å². The molecule has 1 saturated heterocycles. The van der Waals surface area contributed by atoms with Gasteiger partial charge in [0.2, 0.25) is 0 Å². The number of hydrogen-bond donors (Lipinski definition) is 1. The van der Waals surface area contributed by atoms with Gasteiger partial charge in [-0.15, -0.1) is 0 Å². The van der Waals surface area contributed by atoms with Gasteiger partial charge in [0.25, 0.3) is 11.1 Å². The van der Waals surface area contributed by atoms with Crippen molar-refractivity contribution in [2.24, 2.45) is 5.92 Å². The van der Waals surface area contributed by atoms with Crippen LogP contribution in [0.2, 0.25) is 0 Å². The summed E-state index contributed by atoms with van der Waals surface area (Å²) in [6.07, 6.45) is 4.94. The molecule has 1 N–H and O–H groups in total. The minimum absolute atomic E-state index is 0.213. The highest BCUT2D eigenvalue weighted by molar-refractivity contribution is 8.18. The predicted molar refractivity (Wildman–Crippen MR) is 77.4 cm³/mol. The molecule has 0 bridgehead atoms. The second kappa shape index (κ2) is 6.13. The minimum atomic E-state index is -1.22. The van der Waals surface area contributed by atoms with Crippen molar-refractivity contribution in [2.45, 2.75) is 20.4 Å². The van der Waals surface area contributed by atoms with E-state index in [0.717, 1.165) is 23.2 Å². The van der Waals surface area contributed by atoms with E-state index in [1.54, 1.807) is 23.2 Å². The number of amides is 2. The third-order valence-corrected chi connectivity index (χ3v) is 3.58. The average molecular weight is 309 g/mol. The first-order valence-corrected chi connectivity index (χ1v) is 7.18. The molecule has 1 aromatic rings. The molecule has 21 heavy (non-hydrogen) atoms. The van der Waals surface area contributed by atoms with Gasteiger partial charge in [-0.1, -0.05) is 13.8 Å². The van der Waals surface area contributed by atoms with Crippen molar-refractivity contribution in [3.63, 3.8) is 0 Å². The number of aromatic nitrogens is 2. The molecule has 1 aromatic heterocycles. The number of carbonyl (C=O) groups is 3. The Morgan fingerprint density at radius 3 is 2.81 bits per heavy atom. The fourth-order valence-corrected chi connectivity index (χ4v) is 2.69. The van der Waals surface area contributed by atoms with Crippen molar-refractivity contribution in [1.82, 2.24) is 14.7 Å². The smallest absolute Gasteiger partial charge is 0.323 e. The largest absolute Gasteiger partial charge is 0.480 e. The number of imide groups is 1. The molecular formula is C13H15N3O4S. The minimum Gasteiger partial charge on any atom is -0.480 e. The summed E-state index contributed by atoms with van der Waals surface area (Å²) in [5.74, 6) is -1.35. The van der Waals surface area contributed by atoms with Crippen molar-refractivity contribution >= 4 is 35.0 Å². The average Bonchev–Trinajstić information content (AvgIpc) is 2.89. The molecule has 2 rings (SSSR count). The first-order valence-electron chi connectivity index (χ1n) is 6.36. The number of carboxylic acid groups (broad SMARTS) is 1. The molecule has 0 spiro atoms. The molecule has 1 aliphatic rings. The molecule has 0 aliphatic carbocycles. The van der Waals surface area contributed by atoms with Gasteiger partial charge in [0, 0.05) is 18.3 Å². The summed E-state index contributed by atoms with van der Waals surface area (Å²) < 4.78 is 1.76. The highest BCUT2D eigenvalue weighted by atomic mass is 32.2. The van der Waals surface area contributed by atoms with Crippen LogP contribution in [0.15, 0.2) is 17.3 Å². The number of carbonyl (C=O) groups excluding carboxylic acids is 2. The summed E-state index contributed by atoms with van der Waals surface area (Å²) in [7, 11) is 0. The third kappa shape index (κ3) is 3.72. The van der Waals surface area contributed by atoms with Crippen LogP contribution < -0.4 is 0 Å². The Morgan fingerprint density at radius 1 is 1.48 bits per heavy atom. The Kier molecular flexibility index (Phi) is 4.46. The molecule has 0 aromatic carbocycles. The maximum Gasteiger partial charge on any atom is 0.323 e. The molecule has 0 saturated carbocycles. The quantitative estimate of drug-likeness (QED) is 0.832. The number of hydrogen-bond acceptors (Lipinski definition) is 5. The lowest BCUT2D eigenvalue weighted by molar-refractivity contribution is -0.140. The summed E-state index contributed by atoms with van der Waals surface area (Å²) in [6.45, 7) is 4.28. The molecule has 112 valence electrons. The molecule has 2 amide bonds. The summed E-state index contributed by atoms with van der Waals surface area (Å²) in [5, 5.41) is 12.3. The van der Waals surface area contributed by atoms with Crippen molar-refractivity contribution in [3.05, 3.63) is 22.9 Å². The van der Waals surface area contributed by atoms with Crippen LogP contribution in [0.4, 0.5) is 4.79 Å². The number of carboxylic acids is 1. The van der Waals surface area contributed by atoms with Crippen LogP contribution in [0, 0.1) is 5.92 Å². The highest BCUT2D eigenvalue weighted by Crippen LogP contribution is 2.31. The maximum atomic E-state index is 12.0. The summed E-state index contributed by atoms with van der Waals surface area (Å²) in [4.78, 5) is 35.1. The molecule has 0 unspecified atom stereocenters. The van der Waals surface area contributed by atoms with Gasteiger partial charge in [0.15, 0.2) is 0 Å². The van der Waals surface area contributed by atoms with Gasteiger partial charge in [-0.05, 0) is 23.8 Å².